The number of hydrogen-bond donors (Lipinski definition) is 1. The van der Waals surface area contributed by atoms with E-state index >= 15 is 0 Å². The van der Waals surface area contributed by atoms with Crippen molar-refractivity contribution in [1.82, 2.24) is 5.32 Å². The molecule has 2 aromatic carbocycles. The first-order valence-corrected chi connectivity index (χ1v) is 10.8. The van der Waals surface area contributed by atoms with Crippen LogP contribution in [0.1, 0.15) is 42.4 Å². The fourth-order valence-electron chi connectivity index (χ4n) is 4.31. The van der Waals surface area contributed by atoms with Crippen molar-refractivity contribution >= 4 is 28.9 Å². The van der Waals surface area contributed by atoms with E-state index in [1.807, 2.05) is 37.3 Å². The molecule has 156 valence electrons. The summed E-state index contributed by atoms with van der Waals surface area (Å²) in [7, 11) is 0. The van der Waals surface area contributed by atoms with Gasteiger partial charge in [0.2, 0.25) is 11.8 Å². The molecule has 0 radical (unpaired) electrons. The summed E-state index contributed by atoms with van der Waals surface area (Å²) < 4.78 is 0. The van der Waals surface area contributed by atoms with Crippen molar-refractivity contribution in [2.24, 2.45) is 10.9 Å². The molecule has 0 aromatic heterocycles. The molecule has 1 heterocycles. The summed E-state index contributed by atoms with van der Waals surface area (Å²) >= 11 is 0. The summed E-state index contributed by atoms with van der Waals surface area (Å²) in [6, 6.07) is 14.3. The smallest absolute Gasteiger partial charge is 0.240 e. The van der Waals surface area contributed by atoms with Crippen LogP contribution >= 0.6 is 0 Å². The van der Waals surface area contributed by atoms with Gasteiger partial charge in [-0.15, -0.1) is 0 Å². The van der Waals surface area contributed by atoms with Crippen molar-refractivity contribution in [2.45, 2.75) is 46.0 Å². The lowest BCUT2D eigenvalue weighted by Gasteiger charge is -2.25. The minimum atomic E-state index is -0.191. The Bertz CT molecular complexity index is 981. The maximum Gasteiger partial charge on any atom is 0.240 e. The molecule has 2 aliphatic rings. The molecule has 1 aliphatic carbocycles. The van der Waals surface area contributed by atoms with E-state index in [9.17, 15) is 9.59 Å². The number of nitrogens with zero attached hydrogens (tertiary/aromatic N) is 2. The highest BCUT2D eigenvalue weighted by molar-refractivity contribution is 6.16. The van der Waals surface area contributed by atoms with Crippen LogP contribution in [0, 0.1) is 19.8 Å². The van der Waals surface area contributed by atoms with Crippen molar-refractivity contribution in [1.29, 1.82) is 0 Å². The second kappa shape index (κ2) is 8.82. The lowest BCUT2D eigenvalue weighted by Crippen LogP contribution is -2.44. The summed E-state index contributed by atoms with van der Waals surface area (Å²) in [5.74, 6) is -0.307. The molecular weight excluding hydrogens is 374 g/mol. The van der Waals surface area contributed by atoms with E-state index in [4.69, 9.17) is 4.99 Å². The van der Waals surface area contributed by atoms with Gasteiger partial charge < -0.3 is 10.2 Å². The van der Waals surface area contributed by atoms with Crippen molar-refractivity contribution in [3.05, 3.63) is 59.2 Å². The molecule has 1 unspecified atom stereocenters. The van der Waals surface area contributed by atoms with Gasteiger partial charge in [-0.05, 0) is 74.8 Å². The van der Waals surface area contributed by atoms with Crippen molar-refractivity contribution in [3.8, 4) is 0 Å². The van der Waals surface area contributed by atoms with Gasteiger partial charge in [0.15, 0.2) is 0 Å². The fourth-order valence-corrected chi connectivity index (χ4v) is 4.31. The highest BCUT2D eigenvalue weighted by Crippen LogP contribution is 2.39. The van der Waals surface area contributed by atoms with Crippen molar-refractivity contribution in [2.75, 3.05) is 18.0 Å². The molecule has 5 heteroatoms. The summed E-state index contributed by atoms with van der Waals surface area (Å²) in [4.78, 5) is 32.5. The number of benzene rings is 2. The van der Waals surface area contributed by atoms with E-state index in [0.29, 0.717) is 6.54 Å². The number of nitrogens with one attached hydrogen (secondary N) is 1. The number of anilines is 1. The van der Waals surface area contributed by atoms with Crippen LogP contribution < -0.4 is 10.2 Å². The first-order valence-electron chi connectivity index (χ1n) is 10.8. The van der Waals surface area contributed by atoms with Crippen molar-refractivity contribution in [3.63, 3.8) is 0 Å². The highest BCUT2D eigenvalue weighted by atomic mass is 16.2. The number of carbonyl (C=O) groups is 2. The summed E-state index contributed by atoms with van der Waals surface area (Å²) in [5.41, 5.74) is 6.04. The quantitative estimate of drug-likeness (QED) is 0.732. The molecule has 2 aromatic rings. The van der Waals surface area contributed by atoms with Crippen LogP contribution in [0.3, 0.4) is 0 Å². The normalized spacial score (nSPS) is 17.8. The third-order valence-corrected chi connectivity index (χ3v) is 6.15. The minimum Gasteiger partial charge on any atom is -0.355 e. The number of amides is 2. The number of fused-ring (bicyclic) bond motifs is 2. The van der Waals surface area contributed by atoms with Gasteiger partial charge in [-0.2, -0.15) is 0 Å². The maximum absolute atomic E-state index is 13.3. The summed E-state index contributed by atoms with van der Waals surface area (Å²) in [6.45, 7) is 4.72. The molecule has 5 nitrogen and oxygen atoms in total. The van der Waals surface area contributed by atoms with Crippen molar-refractivity contribution < 1.29 is 9.59 Å². The average molecular weight is 404 g/mol. The van der Waals surface area contributed by atoms with Gasteiger partial charge in [0, 0.05) is 12.3 Å². The Morgan fingerprint density at radius 1 is 1.17 bits per heavy atom. The predicted molar refractivity (Wildman–Crippen MR) is 120 cm³/mol. The van der Waals surface area contributed by atoms with Gasteiger partial charge in [-0.25, -0.2) is 0 Å². The zero-order chi connectivity index (χ0) is 21.1. The zero-order valence-corrected chi connectivity index (χ0v) is 17.8. The molecule has 1 atom stereocenters. The number of aryl methyl sites for hydroxylation is 3. The molecule has 0 spiro atoms. The predicted octanol–water partition coefficient (Wildman–Crippen LogP) is 4.27. The monoisotopic (exact) mass is 403 g/mol. The lowest BCUT2D eigenvalue weighted by atomic mass is 10.0. The average Bonchev–Trinajstić information content (AvgIpc) is 3.17. The van der Waals surface area contributed by atoms with E-state index < -0.39 is 0 Å². The van der Waals surface area contributed by atoms with Gasteiger partial charge in [0.05, 0.1) is 17.3 Å². The Kier molecular flexibility index (Phi) is 5.98. The third-order valence-electron chi connectivity index (χ3n) is 6.15. The van der Waals surface area contributed by atoms with Crippen LogP contribution in [0.25, 0.3) is 0 Å². The molecule has 30 heavy (non-hydrogen) atoms. The topological polar surface area (TPSA) is 61.8 Å². The van der Waals surface area contributed by atoms with E-state index in [2.05, 4.69) is 24.4 Å². The first-order chi connectivity index (χ1) is 14.5. The van der Waals surface area contributed by atoms with Crippen LogP contribution in [-0.4, -0.2) is 30.6 Å². The van der Waals surface area contributed by atoms with Gasteiger partial charge in [-0.3, -0.25) is 14.6 Å². The Hall–Kier alpha value is -2.95. The number of hydrogen-bond acceptors (Lipinski definition) is 3. The van der Waals surface area contributed by atoms with E-state index in [-0.39, 0.29) is 24.3 Å². The minimum absolute atomic E-state index is 0.00712. The van der Waals surface area contributed by atoms with Crippen LogP contribution in [0.4, 0.5) is 11.4 Å². The molecule has 1 saturated carbocycles. The second-order valence-corrected chi connectivity index (χ2v) is 8.34. The molecule has 1 fully saturated rings. The van der Waals surface area contributed by atoms with E-state index in [1.165, 1.54) is 5.56 Å². The van der Waals surface area contributed by atoms with Gasteiger partial charge in [-0.1, -0.05) is 30.3 Å². The molecular formula is C25H29N3O2. The Morgan fingerprint density at radius 2 is 1.93 bits per heavy atom. The van der Waals surface area contributed by atoms with Crippen LogP contribution in [0.5, 0.6) is 0 Å². The van der Waals surface area contributed by atoms with E-state index in [0.717, 1.165) is 60.3 Å². The van der Waals surface area contributed by atoms with Gasteiger partial charge >= 0.3 is 0 Å². The molecule has 0 saturated heterocycles. The number of aliphatic imine (C=N–C) groups is 1. The zero-order valence-electron chi connectivity index (χ0n) is 17.8. The van der Waals surface area contributed by atoms with Crippen LogP contribution in [-0.2, 0) is 16.0 Å². The second-order valence-electron chi connectivity index (χ2n) is 8.34. The highest BCUT2D eigenvalue weighted by Gasteiger charge is 2.37. The SMILES string of the molecule is Cc1cc2c(cc1C)N(CC(=O)NCCCc1ccccc1)C(=O)C1CCCC1=N2. The van der Waals surface area contributed by atoms with E-state index in [1.54, 1.807) is 4.90 Å². The van der Waals surface area contributed by atoms with Crippen LogP contribution in [0.15, 0.2) is 47.5 Å². The molecule has 1 aliphatic heterocycles. The summed E-state index contributed by atoms with van der Waals surface area (Å²) in [5, 5.41) is 2.99. The molecule has 4 rings (SSSR count). The molecule has 1 N–H and O–H groups in total. The van der Waals surface area contributed by atoms with Gasteiger partial charge in [0.1, 0.15) is 6.54 Å². The molecule has 2 amide bonds. The summed E-state index contributed by atoms with van der Waals surface area (Å²) in [6.07, 6.45) is 4.45. The lowest BCUT2D eigenvalue weighted by molar-refractivity contribution is -0.124. The largest absolute Gasteiger partial charge is 0.355 e. The standard InChI is InChI=1S/C25H29N3O2/c1-17-14-22-23(15-18(17)2)28(25(30)20-11-6-12-21(20)27-22)16-24(29)26-13-7-10-19-8-4-3-5-9-19/h3-5,8-9,14-15,20H,6-7,10-13,16H2,1-2H3,(H,26,29). The Morgan fingerprint density at radius 3 is 2.73 bits per heavy atom. The fraction of sp³-hybridized carbons (Fsp3) is 0.400. The Labute approximate surface area is 178 Å². The third kappa shape index (κ3) is 4.30. The number of rotatable bonds is 6. The maximum atomic E-state index is 13.3. The van der Waals surface area contributed by atoms with Gasteiger partial charge in [0.25, 0.3) is 0 Å². The Balaban J connectivity index is 1.45. The first kappa shape index (κ1) is 20.3. The number of carbonyl (C=O) groups excluding carboxylic acids is 2. The molecule has 0 bridgehead atoms. The van der Waals surface area contributed by atoms with Crippen LogP contribution in [0.2, 0.25) is 0 Å².